The van der Waals surface area contributed by atoms with Crippen LogP contribution >= 0.6 is 0 Å². The van der Waals surface area contributed by atoms with Gasteiger partial charge in [-0.15, -0.1) is 0 Å². The second-order valence-corrected chi connectivity index (χ2v) is 7.87. The van der Waals surface area contributed by atoms with Gasteiger partial charge in [0.1, 0.15) is 11.6 Å². The fraction of sp³-hybridized carbons (Fsp3) is 0.176. The summed E-state index contributed by atoms with van der Waals surface area (Å²) in [6.45, 7) is 0.339. The number of anilines is 3. The summed E-state index contributed by atoms with van der Waals surface area (Å²) in [6.07, 6.45) is 0.505. The van der Waals surface area contributed by atoms with Crippen LogP contribution in [0.4, 0.5) is 25.8 Å². The first-order valence-corrected chi connectivity index (χ1v) is 9.54. The van der Waals surface area contributed by atoms with Gasteiger partial charge in [0, 0.05) is 24.0 Å². The van der Waals surface area contributed by atoms with Gasteiger partial charge in [-0.1, -0.05) is 6.07 Å². The molecule has 0 unspecified atom stereocenters. The van der Waals surface area contributed by atoms with Crippen LogP contribution in [-0.2, 0) is 19.6 Å². The molecule has 2 amide bonds. The van der Waals surface area contributed by atoms with Gasteiger partial charge in [-0.3, -0.25) is 13.9 Å². The van der Waals surface area contributed by atoms with E-state index in [1.165, 1.54) is 16.4 Å². The van der Waals surface area contributed by atoms with Crippen LogP contribution in [0.5, 0.6) is 0 Å². The number of nitrogens with zero attached hydrogens (tertiary/aromatic N) is 1. The molecule has 142 valence electrons. The SMILES string of the molecule is O=C(Nc1cc(F)cc(F)c1)C(=O)Nc1cccc(N2CCCS2(=O)=O)c1. The van der Waals surface area contributed by atoms with Crippen LogP contribution < -0.4 is 14.9 Å². The Hall–Kier alpha value is -3.01. The Labute approximate surface area is 154 Å². The number of hydrogen-bond acceptors (Lipinski definition) is 4. The third kappa shape index (κ3) is 4.40. The van der Waals surface area contributed by atoms with Crippen molar-refractivity contribution in [2.24, 2.45) is 0 Å². The summed E-state index contributed by atoms with van der Waals surface area (Å²) in [7, 11) is -3.38. The molecule has 0 atom stereocenters. The van der Waals surface area contributed by atoms with Crippen molar-refractivity contribution in [3.05, 3.63) is 54.1 Å². The van der Waals surface area contributed by atoms with Crippen LogP contribution in [0.25, 0.3) is 0 Å². The van der Waals surface area contributed by atoms with E-state index < -0.39 is 33.5 Å². The molecule has 1 fully saturated rings. The van der Waals surface area contributed by atoms with Crippen molar-refractivity contribution in [3.8, 4) is 0 Å². The molecule has 1 aliphatic rings. The summed E-state index contributed by atoms with van der Waals surface area (Å²) in [5.41, 5.74) is 0.377. The molecule has 0 saturated carbocycles. The Kier molecular flexibility index (Phi) is 5.08. The smallest absolute Gasteiger partial charge is 0.314 e. The van der Waals surface area contributed by atoms with E-state index >= 15 is 0 Å². The molecule has 2 aromatic carbocycles. The van der Waals surface area contributed by atoms with E-state index in [1.807, 2.05) is 0 Å². The zero-order valence-corrected chi connectivity index (χ0v) is 14.7. The summed E-state index contributed by atoms with van der Waals surface area (Å²) in [5, 5.41) is 4.41. The summed E-state index contributed by atoms with van der Waals surface area (Å²) >= 11 is 0. The maximum atomic E-state index is 13.1. The van der Waals surface area contributed by atoms with E-state index in [2.05, 4.69) is 10.6 Å². The van der Waals surface area contributed by atoms with Gasteiger partial charge >= 0.3 is 11.8 Å². The van der Waals surface area contributed by atoms with Crippen molar-refractivity contribution < 1.29 is 26.8 Å². The standard InChI is InChI=1S/C17H15F2N3O4S/c18-11-7-12(19)9-14(8-11)21-17(24)16(23)20-13-3-1-4-15(10-13)22-5-2-6-27(22,25)26/h1,3-4,7-10H,2,5-6H2,(H,20,23)(H,21,24). The second-order valence-electron chi connectivity index (χ2n) is 5.86. The van der Waals surface area contributed by atoms with E-state index in [0.29, 0.717) is 24.7 Å². The number of carbonyl (C=O) groups excluding carboxylic acids is 2. The minimum Gasteiger partial charge on any atom is -0.318 e. The van der Waals surface area contributed by atoms with Crippen molar-refractivity contribution in [3.63, 3.8) is 0 Å². The van der Waals surface area contributed by atoms with Crippen molar-refractivity contribution in [1.29, 1.82) is 0 Å². The molecule has 1 heterocycles. The largest absolute Gasteiger partial charge is 0.318 e. The molecule has 3 rings (SSSR count). The van der Waals surface area contributed by atoms with Gasteiger partial charge in [0.25, 0.3) is 0 Å². The van der Waals surface area contributed by atoms with Gasteiger partial charge in [0.05, 0.1) is 11.4 Å². The Morgan fingerprint density at radius 1 is 0.926 bits per heavy atom. The molecule has 10 heteroatoms. The van der Waals surface area contributed by atoms with E-state index in [4.69, 9.17) is 0 Å². The molecule has 0 spiro atoms. The average molecular weight is 395 g/mol. The van der Waals surface area contributed by atoms with Crippen molar-refractivity contribution >= 4 is 38.9 Å². The lowest BCUT2D eigenvalue weighted by molar-refractivity contribution is -0.133. The first-order chi connectivity index (χ1) is 12.7. The number of benzene rings is 2. The molecule has 27 heavy (non-hydrogen) atoms. The van der Waals surface area contributed by atoms with Gasteiger partial charge in [-0.05, 0) is 36.8 Å². The molecule has 2 aromatic rings. The van der Waals surface area contributed by atoms with Gasteiger partial charge in [0.15, 0.2) is 0 Å². The van der Waals surface area contributed by atoms with Crippen LogP contribution in [0.15, 0.2) is 42.5 Å². The van der Waals surface area contributed by atoms with Crippen LogP contribution in [0.1, 0.15) is 6.42 Å². The van der Waals surface area contributed by atoms with Crippen molar-refractivity contribution in [1.82, 2.24) is 0 Å². The highest BCUT2D eigenvalue weighted by molar-refractivity contribution is 7.93. The summed E-state index contributed by atoms with van der Waals surface area (Å²) in [4.78, 5) is 23.9. The van der Waals surface area contributed by atoms with E-state index in [9.17, 15) is 26.8 Å². The predicted molar refractivity (Wildman–Crippen MR) is 95.8 cm³/mol. The minimum absolute atomic E-state index is 0.0518. The highest BCUT2D eigenvalue weighted by atomic mass is 32.2. The number of amides is 2. The molecule has 0 aromatic heterocycles. The number of nitrogens with one attached hydrogen (secondary N) is 2. The highest BCUT2D eigenvalue weighted by Gasteiger charge is 2.28. The lowest BCUT2D eigenvalue weighted by Crippen LogP contribution is -2.29. The van der Waals surface area contributed by atoms with E-state index in [-0.39, 0.29) is 17.1 Å². The normalized spacial score (nSPS) is 15.4. The fourth-order valence-corrected chi connectivity index (χ4v) is 4.23. The van der Waals surface area contributed by atoms with Gasteiger partial charge in [-0.2, -0.15) is 0 Å². The van der Waals surface area contributed by atoms with E-state index in [1.54, 1.807) is 12.1 Å². The molecular weight excluding hydrogens is 380 g/mol. The summed E-state index contributed by atoms with van der Waals surface area (Å²) < 4.78 is 51.5. The number of sulfonamides is 1. The fourth-order valence-electron chi connectivity index (χ4n) is 2.67. The quantitative estimate of drug-likeness (QED) is 0.778. The molecule has 0 aliphatic carbocycles. The molecule has 1 aliphatic heterocycles. The molecule has 2 N–H and O–H groups in total. The van der Waals surface area contributed by atoms with Crippen LogP contribution in [0.2, 0.25) is 0 Å². The minimum atomic E-state index is -3.38. The molecule has 7 nitrogen and oxygen atoms in total. The molecule has 1 saturated heterocycles. The molecule has 0 bridgehead atoms. The number of carbonyl (C=O) groups is 2. The monoisotopic (exact) mass is 395 g/mol. The van der Waals surface area contributed by atoms with Crippen LogP contribution in [0, 0.1) is 11.6 Å². The second kappa shape index (κ2) is 7.31. The summed E-state index contributed by atoms with van der Waals surface area (Å²) in [5.74, 6) is -3.94. The number of hydrogen-bond donors (Lipinski definition) is 2. The zero-order chi connectivity index (χ0) is 19.6. The maximum absolute atomic E-state index is 13.1. The first kappa shape index (κ1) is 18.8. The lowest BCUT2D eigenvalue weighted by atomic mass is 10.2. The molecular formula is C17H15F2N3O4S. The van der Waals surface area contributed by atoms with Crippen molar-refractivity contribution in [2.45, 2.75) is 6.42 Å². The number of halogens is 2. The van der Waals surface area contributed by atoms with Gasteiger partial charge in [-0.25, -0.2) is 17.2 Å². The Balaban J connectivity index is 1.70. The summed E-state index contributed by atoms with van der Waals surface area (Å²) in [6, 6.07) is 8.40. The maximum Gasteiger partial charge on any atom is 0.314 e. The Morgan fingerprint density at radius 2 is 1.56 bits per heavy atom. The van der Waals surface area contributed by atoms with Crippen LogP contribution in [-0.4, -0.2) is 32.5 Å². The van der Waals surface area contributed by atoms with E-state index in [0.717, 1.165) is 12.1 Å². The average Bonchev–Trinajstić information content (AvgIpc) is 2.93. The zero-order valence-electron chi connectivity index (χ0n) is 13.9. The predicted octanol–water partition coefficient (Wildman–Crippen LogP) is 2.08. The molecule has 0 radical (unpaired) electrons. The first-order valence-electron chi connectivity index (χ1n) is 7.93. The van der Waals surface area contributed by atoms with Crippen LogP contribution in [0.3, 0.4) is 0 Å². The third-order valence-electron chi connectivity index (χ3n) is 3.82. The number of rotatable bonds is 3. The Bertz CT molecular complexity index is 991. The highest BCUT2D eigenvalue weighted by Crippen LogP contribution is 2.26. The topological polar surface area (TPSA) is 95.6 Å². The van der Waals surface area contributed by atoms with Gasteiger partial charge in [0.2, 0.25) is 10.0 Å². The van der Waals surface area contributed by atoms with Crippen molar-refractivity contribution in [2.75, 3.05) is 27.2 Å². The lowest BCUT2D eigenvalue weighted by Gasteiger charge is -2.17. The Morgan fingerprint density at radius 3 is 2.15 bits per heavy atom. The van der Waals surface area contributed by atoms with Gasteiger partial charge < -0.3 is 10.6 Å². The third-order valence-corrected chi connectivity index (χ3v) is 5.69.